The first kappa shape index (κ1) is 8.69. The van der Waals surface area contributed by atoms with Gasteiger partial charge in [0.05, 0.1) is 0 Å². The molecule has 0 saturated heterocycles. The minimum Gasteiger partial charge on any atom is -0.293 e. The Labute approximate surface area is 74.6 Å². The van der Waals surface area contributed by atoms with Crippen molar-refractivity contribution < 1.29 is 4.79 Å². The highest BCUT2D eigenvalue weighted by atomic mass is 35.5. The van der Waals surface area contributed by atoms with E-state index in [0.717, 1.165) is 0 Å². The third-order valence-electron chi connectivity index (χ3n) is 1.27. The number of halogens is 1. The van der Waals surface area contributed by atoms with Gasteiger partial charge < -0.3 is 0 Å². The molecule has 1 heterocycles. The summed E-state index contributed by atoms with van der Waals surface area (Å²) in [5, 5.41) is 8.84. The first-order valence-electron chi connectivity index (χ1n) is 3.22. The van der Waals surface area contributed by atoms with Gasteiger partial charge in [0.2, 0.25) is 0 Å². The SMILES string of the molecule is CC(=O)c1cc(Cl)cc(C#N)n1. The van der Waals surface area contributed by atoms with Crippen LogP contribution in [-0.4, -0.2) is 10.8 Å². The van der Waals surface area contributed by atoms with Gasteiger partial charge in [-0.25, -0.2) is 4.98 Å². The van der Waals surface area contributed by atoms with E-state index in [1.54, 1.807) is 0 Å². The summed E-state index contributed by atoms with van der Waals surface area (Å²) in [6.07, 6.45) is 0. The molecule has 0 atom stereocenters. The quantitative estimate of drug-likeness (QED) is 0.620. The number of aromatic nitrogens is 1. The van der Waals surface area contributed by atoms with Crippen LogP contribution in [0.3, 0.4) is 0 Å². The zero-order valence-electron chi connectivity index (χ0n) is 6.34. The number of carbonyl (C=O) groups is 1. The number of carbonyl (C=O) groups excluding carboxylic acids is 1. The van der Waals surface area contributed by atoms with Crippen LogP contribution in [-0.2, 0) is 0 Å². The molecule has 0 amide bonds. The summed E-state index contributed by atoms with van der Waals surface area (Å²) in [5.74, 6) is -0.200. The van der Waals surface area contributed by atoms with Gasteiger partial charge in [-0.15, -0.1) is 0 Å². The van der Waals surface area contributed by atoms with Gasteiger partial charge in [-0.2, -0.15) is 5.26 Å². The van der Waals surface area contributed by atoms with Crippen LogP contribution in [0.2, 0.25) is 5.02 Å². The molecule has 60 valence electrons. The molecule has 1 aromatic heterocycles. The molecule has 0 spiro atoms. The van der Waals surface area contributed by atoms with Crippen molar-refractivity contribution in [2.24, 2.45) is 0 Å². The predicted molar refractivity (Wildman–Crippen MR) is 44.0 cm³/mol. The average molecular weight is 181 g/mol. The number of nitriles is 1. The van der Waals surface area contributed by atoms with E-state index in [-0.39, 0.29) is 17.2 Å². The van der Waals surface area contributed by atoms with Gasteiger partial charge in [-0.1, -0.05) is 11.6 Å². The van der Waals surface area contributed by atoms with Crippen LogP contribution in [0.15, 0.2) is 12.1 Å². The minimum absolute atomic E-state index is 0.160. The van der Waals surface area contributed by atoms with Crippen molar-refractivity contribution in [3.63, 3.8) is 0 Å². The molecule has 0 fully saturated rings. The van der Waals surface area contributed by atoms with E-state index in [4.69, 9.17) is 16.9 Å². The Kier molecular flexibility index (Phi) is 2.41. The Hall–Kier alpha value is -1.40. The largest absolute Gasteiger partial charge is 0.293 e. The lowest BCUT2D eigenvalue weighted by molar-refractivity contribution is 0.101. The Morgan fingerprint density at radius 3 is 2.83 bits per heavy atom. The Bertz CT molecular complexity index is 368. The summed E-state index contributed by atoms with van der Waals surface area (Å²) in [4.78, 5) is 14.6. The van der Waals surface area contributed by atoms with Gasteiger partial charge >= 0.3 is 0 Å². The molecule has 0 unspecified atom stereocenters. The van der Waals surface area contributed by atoms with Crippen molar-refractivity contribution in [3.8, 4) is 6.07 Å². The summed E-state index contributed by atoms with van der Waals surface area (Å²) >= 11 is 5.63. The molecule has 3 nitrogen and oxygen atoms in total. The standard InChI is InChI=1S/C8H5ClN2O/c1-5(12)8-3-6(9)2-7(4-10)11-8/h2-3H,1H3. The van der Waals surface area contributed by atoms with Crippen LogP contribution in [0.1, 0.15) is 23.1 Å². The summed E-state index contributed by atoms with van der Waals surface area (Å²) in [5.41, 5.74) is 0.381. The lowest BCUT2D eigenvalue weighted by atomic mass is 10.2. The minimum atomic E-state index is -0.200. The molecular weight excluding hydrogens is 176 g/mol. The number of nitrogens with zero attached hydrogens (tertiary/aromatic N) is 2. The van der Waals surface area contributed by atoms with Gasteiger partial charge in [0.15, 0.2) is 5.78 Å². The maximum Gasteiger partial charge on any atom is 0.178 e. The molecule has 0 N–H and O–H groups in total. The number of ketones is 1. The average Bonchev–Trinajstić information content (AvgIpc) is 2.03. The molecule has 4 heteroatoms. The number of pyridine rings is 1. The fraction of sp³-hybridized carbons (Fsp3) is 0.125. The summed E-state index contributed by atoms with van der Waals surface area (Å²) in [6, 6.07) is 4.66. The number of hydrogen-bond acceptors (Lipinski definition) is 3. The zero-order chi connectivity index (χ0) is 9.14. The molecule has 0 aromatic carbocycles. The lowest BCUT2D eigenvalue weighted by Gasteiger charge is -1.95. The Morgan fingerprint density at radius 1 is 1.67 bits per heavy atom. The first-order chi connectivity index (χ1) is 5.63. The number of hydrogen-bond donors (Lipinski definition) is 0. The fourth-order valence-corrected chi connectivity index (χ4v) is 0.942. The molecule has 0 aliphatic carbocycles. The maximum atomic E-state index is 10.8. The second-order valence-corrected chi connectivity index (χ2v) is 2.66. The monoisotopic (exact) mass is 180 g/mol. The lowest BCUT2D eigenvalue weighted by Crippen LogP contribution is -1.98. The third-order valence-corrected chi connectivity index (χ3v) is 1.48. The van der Waals surface area contributed by atoms with Gasteiger partial charge in [0.25, 0.3) is 0 Å². The van der Waals surface area contributed by atoms with E-state index >= 15 is 0 Å². The molecular formula is C8H5ClN2O. The highest BCUT2D eigenvalue weighted by Gasteiger charge is 2.04. The topological polar surface area (TPSA) is 53.8 Å². The normalized spacial score (nSPS) is 9.08. The number of rotatable bonds is 1. The second-order valence-electron chi connectivity index (χ2n) is 2.22. The van der Waals surface area contributed by atoms with E-state index in [1.807, 2.05) is 6.07 Å². The molecule has 0 bridgehead atoms. The molecule has 1 rings (SSSR count). The first-order valence-corrected chi connectivity index (χ1v) is 3.60. The molecule has 1 aromatic rings. The van der Waals surface area contributed by atoms with Crippen LogP contribution < -0.4 is 0 Å². The van der Waals surface area contributed by atoms with Gasteiger partial charge in [0.1, 0.15) is 17.5 Å². The van der Waals surface area contributed by atoms with Gasteiger partial charge in [-0.3, -0.25) is 4.79 Å². The van der Waals surface area contributed by atoms with Crippen LogP contribution in [0.25, 0.3) is 0 Å². The van der Waals surface area contributed by atoms with Crippen LogP contribution in [0.4, 0.5) is 0 Å². The third kappa shape index (κ3) is 1.80. The van der Waals surface area contributed by atoms with E-state index in [2.05, 4.69) is 4.98 Å². The van der Waals surface area contributed by atoms with Gasteiger partial charge in [-0.05, 0) is 12.1 Å². The maximum absolute atomic E-state index is 10.8. The fourth-order valence-electron chi connectivity index (χ4n) is 0.735. The summed E-state index contributed by atoms with van der Waals surface area (Å²) in [6.45, 7) is 1.37. The van der Waals surface area contributed by atoms with Crippen molar-refractivity contribution in [3.05, 3.63) is 28.5 Å². The molecule has 0 radical (unpaired) electrons. The van der Waals surface area contributed by atoms with Crippen molar-refractivity contribution in [1.82, 2.24) is 4.98 Å². The molecule has 0 saturated carbocycles. The van der Waals surface area contributed by atoms with Crippen LogP contribution >= 0.6 is 11.6 Å². The Balaban J connectivity index is 3.26. The second kappa shape index (κ2) is 3.33. The smallest absolute Gasteiger partial charge is 0.178 e. The summed E-state index contributed by atoms with van der Waals surface area (Å²) < 4.78 is 0. The zero-order valence-corrected chi connectivity index (χ0v) is 7.09. The predicted octanol–water partition coefficient (Wildman–Crippen LogP) is 1.81. The number of Topliss-reactive ketones (excluding diaryl/α,β-unsaturated/α-hetero) is 1. The van der Waals surface area contributed by atoms with Gasteiger partial charge in [0, 0.05) is 11.9 Å². The van der Waals surface area contributed by atoms with Crippen LogP contribution in [0.5, 0.6) is 0 Å². The molecule has 0 aliphatic heterocycles. The van der Waals surface area contributed by atoms with E-state index in [1.165, 1.54) is 19.1 Å². The van der Waals surface area contributed by atoms with E-state index < -0.39 is 0 Å². The molecule has 12 heavy (non-hydrogen) atoms. The molecule has 0 aliphatic rings. The van der Waals surface area contributed by atoms with Crippen molar-refractivity contribution in [2.45, 2.75) is 6.92 Å². The summed E-state index contributed by atoms with van der Waals surface area (Å²) in [7, 11) is 0. The van der Waals surface area contributed by atoms with Crippen molar-refractivity contribution >= 4 is 17.4 Å². The van der Waals surface area contributed by atoms with Crippen molar-refractivity contribution in [2.75, 3.05) is 0 Å². The van der Waals surface area contributed by atoms with Crippen molar-refractivity contribution in [1.29, 1.82) is 5.26 Å². The highest BCUT2D eigenvalue weighted by molar-refractivity contribution is 6.31. The highest BCUT2D eigenvalue weighted by Crippen LogP contribution is 2.11. The van der Waals surface area contributed by atoms with E-state index in [0.29, 0.717) is 5.02 Å². The van der Waals surface area contributed by atoms with Crippen LogP contribution in [0, 0.1) is 11.3 Å². The van der Waals surface area contributed by atoms with E-state index in [9.17, 15) is 4.79 Å². The Morgan fingerprint density at radius 2 is 2.33 bits per heavy atom.